The molecule has 0 saturated carbocycles. The highest BCUT2D eigenvalue weighted by molar-refractivity contribution is 7.17. The predicted molar refractivity (Wildman–Crippen MR) is 85.5 cm³/mol. The van der Waals surface area contributed by atoms with E-state index < -0.39 is 0 Å². The van der Waals surface area contributed by atoms with Crippen molar-refractivity contribution >= 4 is 27.4 Å². The van der Waals surface area contributed by atoms with Gasteiger partial charge >= 0.3 is 0 Å². The molecule has 108 valence electrons. The van der Waals surface area contributed by atoms with Gasteiger partial charge in [0.15, 0.2) is 0 Å². The molecule has 5 heteroatoms. The molecule has 1 aliphatic rings. The number of piperidine rings is 1. The van der Waals surface area contributed by atoms with E-state index in [0.717, 1.165) is 43.4 Å². The third-order valence-corrected chi connectivity index (χ3v) is 4.80. The Morgan fingerprint density at radius 3 is 3.30 bits per heavy atom. The minimum atomic E-state index is 0.736. The number of rotatable bonds is 5. The number of anilines is 1. The first kappa shape index (κ1) is 13.8. The second kappa shape index (κ2) is 6.50. The van der Waals surface area contributed by atoms with Gasteiger partial charge in [-0.3, -0.25) is 0 Å². The third kappa shape index (κ3) is 2.94. The zero-order valence-corrected chi connectivity index (χ0v) is 12.8. The number of aromatic nitrogens is 2. The molecule has 3 heterocycles. The van der Waals surface area contributed by atoms with Crippen LogP contribution in [0.25, 0.3) is 10.2 Å². The van der Waals surface area contributed by atoms with Gasteiger partial charge in [-0.05, 0) is 49.7 Å². The zero-order valence-electron chi connectivity index (χ0n) is 12.0. The average Bonchev–Trinajstić information content (AvgIpc) is 2.96. The molecule has 1 aliphatic heterocycles. The summed E-state index contributed by atoms with van der Waals surface area (Å²) in [6.45, 7) is 6.70. The normalized spacial score (nSPS) is 19.6. The molecule has 1 saturated heterocycles. The summed E-state index contributed by atoms with van der Waals surface area (Å²) in [5, 5.41) is 5.66. The van der Waals surface area contributed by atoms with E-state index in [1.54, 1.807) is 17.7 Å². The highest BCUT2D eigenvalue weighted by atomic mass is 32.1. The largest absolute Gasteiger partial charge is 0.355 e. The van der Waals surface area contributed by atoms with Gasteiger partial charge in [-0.25, -0.2) is 9.97 Å². The van der Waals surface area contributed by atoms with E-state index in [-0.39, 0.29) is 0 Å². The van der Waals surface area contributed by atoms with Crippen LogP contribution in [0.1, 0.15) is 26.2 Å². The molecule has 1 fully saturated rings. The van der Waals surface area contributed by atoms with Gasteiger partial charge < -0.3 is 10.2 Å². The van der Waals surface area contributed by atoms with Crippen molar-refractivity contribution in [3.63, 3.8) is 0 Å². The van der Waals surface area contributed by atoms with Crippen molar-refractivity contribution in [2.45, 2.75) is 26.2 Å². The van der Waals surface area contributed by atoms with E-state index in [9.17, 15) is 0 Å². The third-order valence-electron chi connectivity index (χ3n) is 3.90. The highest BCUT2D eigenvalue weighted by Gasteiger charge is 2.22. The number of hydrogen-bond donors (Lipinski definition) is 1. The molecule has 0 amide bonds. The number of hydrogen-bond acceptors (Lipinski definition) is 5. The van der Waals surface area contributed by atoms with E-state index >= 15 is 0 Å². The minimum Gasteiger partial charge on any atom is -0.355 e. The molecule has 20 heavy (non-hydrogen) atoms. The van der Waals surface area contributed by atoms with Gasteiger partial charge in [-0.1, -0.05) is 6.92 Å². The Kier molecular flexibility index (Phi) is 4.47. The molecule has 1 unspecified atom stereocenters. The standard InChI is InChI=1S/C15H22N4S/c1-2-6-16-9-12-4-3-7-19(10-12)15-14-13(5-8-20-14)17-11-18-15/h5,8,11-12,16H,2-4,6-7,9-10H2,1H3. The lowest BCUT2D eigenvalue weighted by Gasteiger charge is -2.33. The van der Waals surface area contributed by atoms with Crippen LogP contribution in [0.2, 0.25) is 0 Å². The van der Waals surface area contributed by atoms with Crippen molar-refractivity contribution < 1.29 is 0 Å². The van der Waals surface area contributed by atoms with Crippen molar-refractivity contribution in [1.82, 2.24) is 15.3 Å². The maximum Gasteiger partial charge on any atom is 0.150 e. The van der Waals surface area contributed by atoms with Crippen LogP contribution in [-0.4, -0.2) is 36.1 Å². The smallest absolute Gasteiger partial charge is 0.150 e. The number of thiophene rings is 1. The second-order valence-electron chi connectivity index (χ2n) is 5.49. The summed E-state index contributed by atoms with van der Waals surface area (Å²) >= 11 is 1.75. The predicted octanol–water partition coefficient (Wildman–Crippen LogP) is 2.91. The average molecular weight is 290 g/mol. The van der Waals surface area contributed by atoms with Crippen LogP contribution in [0, 0.1) is 5.92 Å². The minimum absolute atomic E-state index is 0.736. The van der Waals surface area contributed by atoms with Crippen molar-refractivity contribution in [3.05, 3.63) is 17.8 Å². The molecular weight excluding hydrogens is 268 g/mol. The Morgan fingerprint density at radius 2 is 2.40 bits per heavy atom. The van der Waals surface area contributed by atoms with Crippen molar-refractivity contribution in [2.24, 2.45) is 5.92 Å². The molecule has 2 aromatic rings. The number of nitrogens with zero attached hydrogens (tertiary/aromatic N) is 3. The molecule has 0 aromatic carbocycles. The summed E-state index contributed by atoms with van der Waals surface area (Å²) < 4.78 is 1.23. The monoisotopic (exact) mass is 290 g/mol. The fourth-order valence-corrected chi connectivity index (χ4v) is 3.77. The SMILES string of the molecule is CCCNCC1CCCN(c2ncnc3ccsc23)C1. The summed E-state index contributed by atoms with van der Waals surface area (Å²) in [5.74, 6) is 1.87. The van der Waals surface area contributed by atoms with Crippen LogP contribution in [0.15, 0.2) is 17.8 Å². The van der Waals surface area contributed by atoms with Crippen molar-refractivity contribution in [2.75, 3.05) is 31.1 Å². The van der Waals surface area contributed by atoms with Crippen molar-refractivity contribution in [3.8, 4) is 0 Å². The van der Waals surface area contributed by atoms with Crippen LogP contribution < -0.4 is 10.2 Å². The first-order valence-electron chi connectivity index (χ1n) is 7.52. The summed E-state index contributed by atoms with van der Waals surface area (Å²) in [6.07, 6.45) is 5.49. The molecule has 0 bridgehead atoms. The lowest BCUT2D eigenvalue weighted by atomic mass is 9.98. The summed E-state index contributed by atoms with van der Waals surface area (Å²) in [7, 11) is 0. The molecule has 0 spiro atoms. The lowest BCUT2D eigenvalue weighted by molar-refractivity contribution is 0.391. The van der Waals surface area contributed by atoms with E-state index in [2.05, 4.69) is 38.6 Å². The molecule has 0 aliphatic carbocycles. The Labute approximate surface area is 124 Å². The summed E-state index contributed by atoms with van der Waals surface area (Å²) in [4.78, 5) is 11.3. The number of fused-ring (bicyclic) bond motifs is 1. The summed E-state index contributed by atoms with van der Waals surface area (Å²) in [6, 6.07) is 2.08. The Morgan fingerprint density at radius 1 is 1.45 bits per heavy atom. The first-order chi connectivity index (χ1) is 9.88. The topological polar surface area (TPSA) is 41.0 Å². The first-order valence-corrected chi connectivity index (χ1v) is 8.40. The maximum atomic E-state index is 4.54. The van der Waals surface area contributed by atoms with E-state index in [1.165, 1.54) is 24.0 Å². The zero-order chi connectivity index (χ0) is 13.8. The molecule has 1 atom stereocenters. The van der Waals surface area contributed by atoms with E-state index in [0.29, 0.717) is 0 Å². The van der Waals surface area contributed by atoms with Crippen LogP contribution >= 0.6 is 11.3 Å². The Hall–Kier alpha value is -1.20. The van der Waals surface area contributed by atoms with Gasteiger partial charge in [0.25, 0.3) is 0 Å². The molecule has 4 nitrogen and oxygen atoms in total. The molecule has 1 N–H and O–H groups in total. The van der Waals surface area contributed by atoms with E-state index in [1.807, 2.05) is 0 Å². The van der Waals surface area contributed by atoms with Gasteiger partial charge in [-0.2, -0.15) is 0 Å². The number of nitrogens with one attached hydrogen (secondary N) is 1. The Balaban J connectivity index is 1.71. The van der Waals surface area contributed by atoms with Gasteiger partial charge in [0.05, 0.1) is 10.2 Å². The quantitative estimate of drug-likeness (QED) is 0.860. The maximum absolute atomic E-state index is 4.54. The van der Waals surface area contributed by atoms with Gasteiger partial charge in [-0.15, -0.1) is 11.3 Å². The van der Waals surface area contributed by atoms with Crippen LogP contribution in [0.4, 0.5) is 5.82 Å². The van der Waals surface area contributed by atoms with Gasteiger partial charge in [0, 0.05) is 13.1 Å². The van der Waals surface area contributed by atoms with Crippen LogP contribution in [0.5, 0.6) is 0 Å². The van der Waals surface area contributed by atoms with E-state index in [4.69, 9.17) is 0 Å². The molecule has 3 rings (SSSR count). The molecule has 0 radical (unpaired) electrons. The molecular formula is C15H22N4S. The van der Waals surface area contributed by atoms with Gasteiger partial charge in [0.1, 0.15) is 12.1 Å². The van der Waals surface area contributed by atoms with Gasteiger partial charge in [0.2, 0.25) is 0 Å². The Bertz CT molecular complexity index is 554. The van der Waals surface area contributed by atoms with Crippen molar-refractivity contribution in [1.29, 1.82) is 0 Å². The summed E-state index contributed by atoms with van der Waals surface area (Å²) in [5.41, 5.74) is 1.08. The highest BCUT2D eigenvalue weighted by Crippen LogP contribution is 2.30. The molecule has 2 aromatic heterocycles. The lowest BCUT2D eigenvalue weighted by Crippen LogP contribution is -2.40. The van der Waals surface area contributed by atoms with Crippen LogP contribution in [-0.2, 0) is 0 Å². The van der Waals surface area contributed by atoms with Crippen LogP contribution in [0.3, 0.4) is 0 Å². The fourth-order valence-electron chi connectivity index (χ4n) is 2.91. The fraction of sp³-hybridized carbons (Fsp3) is 0.600. The second-order valence-corrected chi connectivity index (χ2v) is 6.41.